The lowest BCUT2D eigenvalue weighted by Gasteiger charge is -2.07. The van der Waals surface area contributed by atoms with Gasteiger partial charge < -0.3 is 10.4 Å². The standard InChI is InChI=1S/C13H17NO3S/c1-9-3-4-11(7-10(9)2)14-12(15)8-18-6-5-13(16)17/h3-4,7H,5-6,8H2,1-2H3,(H,14,15)(H,16,17). The van der Waals surface area contributed by atoms with Crippen LogP contribution in [0, 0.1) is 13.8 Å². The molecule has 0 heterocycles. The number of aliphatic carboxylic acids is 1. The predicted molar refractivity (Wildman–Crippen MR) is 74.1 cm³/mol. The number of carbonyl (C=O) groups excluding carboxylic acids is 1. The second kappa shape index (κ2) is 7.06. The molecule has 0 aromatic heterocycles. The van der Waals surface area contributed by atoms with Gasteiger partial charge in [-0.15, -0.1) is 0 Å². The predicted octanol–water partition coefficient (Wildman–Crippen LogP) is 2.45. The maximum absolute atomic E-state index is 11.6. The average Bonchev–Trinajstić information content (AvgIpc) is 2.29. The number of benzene rings is 1. The van der Waals surface area contributed by atoms with Crippen molar-refractivity contribution in [3.63, 3.8) is 0 Å². The van der Waals surface area contributed by atoms with Crippen molar-refractivity contribution in [3.05, 3.63) is 29.3 Å². The van der Waals surface area contributed by atoms with Crippen LogP contribution < -0.4 is 5.32 Å². The number of carboxylic acids is 1. The Balaban J connectivity index is 2.35. The molecule has 0 aliphatic heterocycles. The Hall–Kier alpha value is -1.49. The minimum atomic E-state index is -0.836. The second-order valence-electron chi connectivity index (χ2n) is 4.04. The fourth-order valence-electron chi connectivity index (χ4n) is 1.34. The summed E-state index contributed by atoms with van der Waals surface area (Å²) >= 11 is 1.32. The monoisotopic (exact) mass is 267 g/mol. The zero-order valence-electron chi connectivity index (χ0n) is 10.5. The molecule has 98 valence electrons. The number of hydrogen-bond donors (Lipinski definition) is 2. The van der Waals surface area contributed by atoms with Crippen molar-refractivity contribution in [3.8, 4) is 0 Å². The van der Waals surface area contributed by atoms with Gasteiger partial charge in [-0.2, -0.15) is 11.8 Å². The summed E-state index contributed by atoms with van der Waals surface area (Å²) in [4.78, 5) is 21.9. The SMILES string of the molecule is Cc1ccc(NC(=O)CSCCC(=O)O)cc1C. The van der Waals surface area contributed by atoms with Gasteiger partial charge in [0.2, 0.25) is 5.91 Å². The van der Waals surface area contributed by atoms with E-state index < -0.39 is 5.97 Å². The Morgan fingerprint density at radius 3 is 2.61 bits per heavy atom. The summed E-state index contributed by atoms with van der Waals surface area (Å²) in [5.74, 6) is -0.207. The lowest BCUT2D eigenvalue weighted by Crippen LogP contribution is -2.14. The number of thioether (sulfide) groups is 1. The number of amides is 1. The molecule has 0 radical (unpaired) electrons. The zero-order valence-corrected chi connectivity index (χ0v) is 11.3. The lowest BCUT2D eigenvalue weighted by molar-refractivity contribution is -0.136. The topological polar surface area (TPSA) is 66.4 Å². The van der Waals surface area contributed by atoms with E-state index in [2.05, 4.69) is 5.32 Å². The van der Waals surface area contributed by atoms with Crippen molar-refractivity contribution >= 4 is 29.3 Å². The van der Waals surface area contributed by atoms with Gasteiger partial charge in [0.1, 0.15) is 0 Å². The molecule has 0 unspecified atom stereocenters. The maximum atomic E-state index is 11.6. The Morgan fingerprint density at radius 2 is 2.00 bits per heavy atom. The molecule has 0 aliphatic rings. The van der Waals surface area contributed by atoms with Crippen LogP contribution in [0.1, 0.15) is 17.5 Å². The molecule has 0 spiro atoms. The molecule has 1 aromatic carbocycles. The fourth-order valence-corrected chi connectivity index (χ4v) is 2.06. The van der Waals surface area contributed by atoms with E-state index in [1.807, 2.05) is 32.0 Å². The fraction of sp³-hybridized carbons (Fsp3) is 0.385. The Labute approximate surface area is 111 Å². The quantitative estimate of drug-likeness (QED) is 0.777. The van der Waals surface area contributed by atoms with Gasteiger partial charge in [-0.25, -0.2) is 0 Å². The first-order valence-corrected chi connectivity index (χ1v) is 6.81. The van der Waals surface area contributed by atoms with E-state index in [9.17, 15) is 9.59 Å². The van der Waals surface area contributed by atoms with Crippen molar-refractivity contribution in [2.24, 2.45) is 0 Å². The van der Waals surface area contributed by atoms with Gasteiger partial charge >= 0.3 is 5.97 Å². The molecule has 0 fully saturated rings. The van der Waals surface area contributed by atoms with Gasteiger partial charge in [-0.1, -0.05) is 6.07 Å². The molecule has 0 atom stereocenters. The largest absolute Gasteiger partial charge is 0.481 e. The Kier molecular flexibility index (Phi) is 5.71. The van der Waals surface area contributed by atoms with E-state index >= 15 is 0 Å². The van der Waals surface area contributed by atoms with Crippen molar-refractivity contribution in [1.82, 2.24) is 0 Å². The van der Waals surface area contributed by atoms with Crippen molar-refractivity contribution in [1.29, 1.82) is 0 Å². The molecular weight excluding hydrogens is 250 g/mol. The summed E-state index contributed by atoms with van der Waals surface area (Å²) in [6.07, 6.45) is 0.0849. The van der Waals surface area contributed by atoms with E-state index in [4.69, 9.17) is 5.11 Å². The molecule has 5 heteroatoms. The van der Waals surface area contributed by atoms with Gasteiger partial charge in [0.15, 0.2) is 0 Å². The number of anilines is 1. The number of carbonyl (C=O) groups is 2. The minimum Gasteiger partial charge on any atom is -0.481 e. The van der Waals surface area contributed by atoms with E-state index in [-0.39, 0.29) is 18.1 Å². The molecule has 2 N–H and O–H groups in total. The first kappa shape index (κ1) is 14.6. The number of carboxylic acid groups (broad SMARTS) is 1. The van der Waals surface area contributed by atoms with Crippen LogP contribution in [0.4, 0.5) is 5.69 Å². The highest BCUT2D eigenvalue weighted by atomic mass is 32.2. The zero-order chi connectivity index (χ0) is 13.5. The van der Waals surface area contributed by atoms with Crippen LogP contribution in [0.15, 0.2) is 18.2 Å². The van der Waals surface area contributed by atoms with Crippen LogP contribution in [-0.4, -0.2) is 28.5 Å². The van der Waals surface area contributed by atoms with Crippen molar-refractivity contribution in [2.75, 3.05) is 16.8 Å². The summed E-state index contributed by atoms with van der Waals surface area (Å²) in [7, 11) is 0. The molecule has 0 saturated carbocycles. The third-order valence-corrected chi connectivity index (χ3v) is 3.44. The number of aryl methyl sites for hydroxylation is 2. The summed E-state index contributed by atoms with van der Waals surface area (Å²) in [5.41, 5.74) is 3.09. The van der Waals surface area contributed by atoms with Gasteiger partial charge in [0, 0.05) is 11.4 Å². The van der Waals surface area contributed by atoms with Crippen LogP contribution in [0.25, 0.3) is 0 Å². The summed E-state index contributed by atoms with van der Waals surface area (Å²) in [6.45, 7) is 4.01. The Morgan fingerprint density at radius 1 is 1.28 bits per heavy atom. The number of rotatable bonds is 6. The average molecular weight is 267 g/mol. The third kappa shape index (κ3) is 5.23. The van der Waals surface area contributed by atoms with Gasteiger partial charge in [-0.05, 0) is 37.1 Å². The smallest absolute Gasteiger partial charge is 0.304 e. The third-order valence-electron chi connectivity index (χ3n) is 2.48. The van der Waals surface area contributed by atoms with Crippen LogP contribution >= 0.6 is 11.8 Å². The van der Waals surface area contributed by atoms with Crippen LogP contribution in [0.5, 0.6) is 0 Å². The highest BCUT2D eigenvalue weighted by molar-refractivity contribution is 7.99. The molecule has 0 aliphatic carbocycles. The minimum absolute atomic E-state index is 0.0849. The molecule has 0 saturated heterocycles. The highest BCUT2D eigenvalue weighted by Gasteiger charge is 2.04. The number of nitrogens with one attached hydrogen (secondary N) is 1. The Bertz CT molecular complexity index is 446. The first-order chi connectivity index (χ1) is 8.49. The normalized spacial score (nSPS) is 10.1. The van der Waals surface area contributed by atoms with Gasteiger partial charge in [0.05, 0.1) is 12.2 Å². The molecule has 4 nitrogen and oxygen atoms in total. The van der Waals surface area contributed by atoms with Crippen LogP contribution in [-0.2, 0) is 9.59 Å². The summed E-state index contributed by atoms with van der Waals surface area (Å²) in [5, 5.41) is 11.2. The molecule has 18 heavy (non-hydrogen) atoms. The maximum Gasteiger partial charge on any atom is 0.304 e. The molecule has 0 bridgehead atoms. The summed E-state index contributed by atoms with van der Waals surface area (Å²) < 4.78 is 0. The van der Waals surface area contributed by atoms with Crippen LogP contribution in [0.3, 0.4) is 0 Å². The highest BCUT2D eigenvalue weighted by Crippen LogP contribution is 2.14. The van der Waals surface area contributed by atoms with Crippen LogP contribution in [0.2, 0.25) is 0 Å². The van der Waals surface area contributed by atoms with E-state index in [0.717, 1.165) is 11.3 Å². The van der Waals surface area contributed by atoms with E-state index in [1.165, 1.54) is 17.3 Å². The van der Waals surface area contributed by atoms with Crippen molar-refractivity contribution < 1.29 is 14.7 Å². The lowest BCUT2D eigenvalue weighted by atomic mass is 10.1. The van der Waals surface area contributed by atoms with Gasteiger partial charge in [0.25, 0.3) is 0 Å². The number of hydrogen-bond acceptors (Lipinski definition) is 3. The van der Waals surface area contributed by atoms with Gasteiger partial charge in [-0.3, -0.25) is 9.59 Å². The van der Waals surface area contributed by atoms with E-state index in [0.29, 0.717) is 5.75 Å². The molecule has 1 amide bonds. The molecular formula is C13H17NO3S. The van der Waals surface area contributed by atoms with E-state index in [1.54, 1.807) is 0 Å². The van der Waals surface area contributed by atoms with Crippen molar-refractivity contribution in [2.45, 2.75) is 20.3 Å². The first-order valence-electron chi connectivity index (χ1n) is 5.65. The summed E-state index contributed by atoms with van der Waals surface area (Å²) in [6, 6.07) is 5.75. The molecule has 1 aromatic rings. The molecule has 1 rings (SSSR count). The second-order valence-corrected chi connectivity index (χ2v) is 5.15.